The molecule has 19 heavy (non-hydrogen) atoms. The quantitative estimate of drug-likeness (QED) is 0.780. The molecule has 2 rings (SSSR count). The van der Waals surface area contributed by atoms with E-state index < -0.39 is 9.84 Å². The van der Waals surface area contributed by atoms with Crippen molar-refractivity contribution in [2.75, 3.05) is 0 Å². The van der Waals surface area contributed by atoms with Crippen LogP contribution in [-0.2, 0) is 14.6 Å². The highest BCUT2D eigenvalue weighted by atomic mass is 32.2. The van der Waals surface area contributed by atoms with E-state index in [1.807, 2.05) is 0 Å². The van der Waals surface area contributed by atoms with E-state index in [0.717, 1.165) is 32.1 Å². The first-order valence-corrected chi connectivity index (χ1v) is 9.35. The zero-order chi connectivity index (χ0) is 14.0. The molecule has 0 amide bonds. The summed E-state index contributed by atoms with van der Waals surface area (Å²) >= 11 is 0. The summed E-state index contributed by atoms with van der Waals surface area (Å²) < 4.78 is 24.4. The summed E-state index contributed by atoms with van der Waals surface area (Å²) in [4.78, 5) is 12.4. The summed E-state index contributed by atoms with van der Waals surface area (Å²) in [7, 11) is -2.92. The monoisotopic (exact) mass is 286 g/mol. The Hall–Kier alpha value is -0.380. The molecular formula is C15H26O3S. The fourth-order valence-corrected chi connectivity index (χ4v) is 6.24. The van der Waals surface area contributed by atoms with Crippen molar-refractivity contribution in [1.82, 2.24) is 0 Å². The molecule has 0 saturated carbocycles. The van der Waals surface area contributed by atoms with Gasteiger partial charge in [-0.25, -0.2) is 8.42 Å². The second-order valence-corrected chi connectivity index (χ2v) is 8.80. The van der Waals surface area contributed by atoms with Gasteiger partial charge in [-0.1, -0.05) is 33.1 Å². The normalized spacial score (nSPS) is 33.3. The van der Waals surface area contributed by atoms with Crippen molar-refractivity contribution in [3.05, 3.63) is 0 Å². The zero-order valence-electron chi connectivity index (χ0n) is 12.1. The molecule has 110 valence electrons. The van der Waals surface area contributed by atoms with Gasteiger partial charge in [0.05, 0.1) is 10.5 Å². The highest BCUT2D eigenvalue weighted by Crippen LogP contribution is 2.40. The van der Waals surface area contributed by atoms with Crippen LogP contribution in [0.15, 0.2) is 0 Å². The maximum atomic E-state index is 12.4. The highest BCUT2D eigenvalue weighted by molar-refractivity contribution is 7.92. The largest absolute Gasteiger partial charge is 0.299 e. The predicted molar refractivity (Wildman–Crippen MR) is 76.8 cm³/mol. The Morgan fingerprint density at radius 1 is 1.11 bits per heavy atom. The van der Waals surface area contributed by atoms with Gasteiger partial charge in [-0.05, 0) is 31.6 Å². The Morgan fingerprint density at radius 2 is 1.63 bits per heavy atom. The topological polar surface area (TPSA) is 51.2 Å². The van der Waals surface area contributed by atoms with Crippen LogP contribution >= 0.6 is 0 Å². The van der Waals surface area contributed by atoms with Crippen molar-refractivity contribution < 1.29 is 13.2 Å². The Balaban J connectivity index is 2.02. The van der Waals surface area contributed by atoms with E-state index in [9.17, 15) is 13.2 Å². The van der Waals surface area contributed by atoms with E-state index in [1.165, 1.54) is 0 Å². The third kappa shape index (κ3) is 3.04. The van der Waals surface area contributed by atoms with Crippen LogP contribution in [0, 0.1) is 11.8 Å². The molecule has 0 N–H and O–H groups in total. The van der Waals surface area contributed by atoms with Crippen LogP contribution < -0.4 is 0 Å². The van der Waals surface area contributed by atoms with Gasteiger partial charge in [0.1, 0.15) is 5.78 Å². The minimum atomic E-state index is -2.92. The smallest absolute Gasteiger partial charge is 0.156 e. The van der Waals surface area contributed by atoms with Crippen LogP contribution in [0.25, 0.3) is 0 Å². The average molecular weight is 286 g/mol. The zero-order valence-corrected chi connectivity index (χ0v) is 12.9. The molecule has 2 aliphatic rings. The van der Waals surface area contributed by atoms with Crippen LogP contribution in [0.5, 0.6) is 0 Å². The first-order valence-electron chi connectivity index (χ1n) is 7.74. The fraction of sp³-hybridized carbons (Fsp3) is 0.933. The fourth-order valence-electron chi connectivity index (χ4n) is 3.70. The minimum absolute atomic E-state index is 0.0134. The number of ketones is 1. The Kier molecular flexibility index (Phi) is 4.70. The van der Waals surface area contributed by atoms with Gasteiger partial charge in [0.25, 0.3) is 0 Å². The Bertz CT molecular complexity index is 403. The van der Waals surface area contributed by atoms with Gasteiger partial charge in [0.2, 0.25) is 0 Å². The molecule has 2 aliphatic heterocycles. The third-order valence-electron chi connectivity index (χ3n) is 5.18. The lowest BCUT2D eigenvalue weighted by Crippen LogP contribution is -2.45. The van der Waals surface area contributed by atoms with Gasteiger partial charge in [-0.15, -0.1) is 0 Å². The van der Waals surface area contributed by atoms with Crippen molar-refractivity contribution in [2.24, 2.45) is 11.8 Å². The van der Waals surface area contributed by atoms with Crippen molar-refractivity contribution in [1.29, 1.82) is 0 Å². The molecule has 0 aromatic rings. The number of rotatable bonds is 5. The Morgan fingerprint density at radius 3 is 2.11 bits per heavy atom. The highest BCUT2D eigenvalue weighted by Gasteiger charge is 2.45. The molecule has 0 radical (unpaired) electrons. The summed E-state index contributed by atoms with van der Waals surface area (Å²) in [5.41, 5.74) is 0. The summed E-state index contributed by atoms with van der Waals surface area (Å²) in [5.74, 6) is 0.811. The first-order chi connectivity index (χ1) is 8.98. The first kappa shape index (κ1) is 15.0. The molecule has 0 aliphatic carbocycles. The molecule has 4 heteroatoms. The van der Waals surface area contributed by atoms with Gasteiger partial charge in [-0.3, -0.25) is 4.79 Å². The number of hydrogen-bond donors (Lipinski definition) is 0. The molecule has 2 saturated heterocycles. The van der Waals surface area contributed by atoms with E-state index in [0.29, 0.717) is 31.0 Å². The summed E-state index contributed by atoms with van der Waals surface area (Å²) in [6.45, 7) is 4.25. The van der Waals surface area contributed by atoms with E-state index in [-0.39, 0.29) is 16.4 Å². The van der Waals surface area contributed by atoms with Crippen LogP contribution in [0.3, 0.4) is 0 Å². The van der Waals surface area contributed by atoms with E-state index in [4.69, 9.17) is 0 Å². The van der Waals surface area contributed by atoms with Crippen LogP contribution in [0.2, 0.25) is 0 Å². The Labute approximate surface area is 117 Å². The van der Waals surface area contributed by atoms with Gasteiger partial charge in [0, 0.05) is 12.3 Å². The summed E-state index contributed by atoms with van der Waals surface area (Å²) in [6.07, 6.45) is 6.48. The minimum Gasteiger partial charge on any atom is -0.299 e. The SMILES string of the molecule is CCC(CC)CC(=O)C1CC2CCCC(C1)S2(=O)=O. The molecule has 2 fully saturated rings. The number of carbonyl (C=O) groups excluding carboxylic acids is 1. The van der Waals surface area contributed by atoms with Crippen molar-refractivity contribution in [3.63, 3.8) is 0 Å². The molecule has 0 spiro atoms. The summed E-state index contributed by atoms with van der Waals surface area (Å²) in [5, 5.41) is -0.452. The lowest BCUT2D eigenvalue weighted by atomic mass is 9.83. The lowest BCUT2D eigenvalue weighted by Gasteiger charge is -2.38. The van der Waals surface area contributed by atoms with Gasteiger partial charge in [-0.2, -0.15) is 0 Å². The molecule has 3 nitrogen and oxygen atoms in total. The van der Waals surface area contributed by atoms with Gasteiger partial charge in [0.15, 0.2) is 9.84 Å². The molecule has 2 bridgehead atoms. The lowest BCUT2D eigenvalue weighted by molar-refractivity contribution is -0.124. The number of Topliss-reactive ketones (excluding diaryl/α,β-unsaturated/α-hetero) is 1. The van der Waals surface area contributed by atoms with Crippen LogP contribution in [0.4, 0.5) is 0 Å². The molecular weight excluding hydrogens is 260 g/mol. The number of sulfone groups is 1. The van der Waals surface area contributed by atoms with Crippen molar-refractivity contribution >= 4 is 15.6 Å². The number of hydrogen-bond acceptors (Lipinski definition) is 3. The van der Waals surface area contributed by atoms with E-state index in [2.05, 4.69) is 13.8 Å². The number of carbonyl (C=O) groups is 1. The second kappa shape index (κ2) is 5.94. The third-order valence-corrected chi connectivity index (χ3v) is 7.89. The van der Waals surface area contributed by atoms with Gasteiger partial charge >= 0.3 is 0 Å². The number of fused-ring (bicyclic) bond motifs is 2. The predicted octanol–water partition coefficient (Wildman–Crippen LogP) is 3.13. The molecule has 0 aromatic carbocycles. The van der Waals surface area contributed by atoms with Gasteiger partial charge < -0.3 is 0 Å². The molecule has 2 unspecified atom stereocenters. The second-order valence-electron chi connectivity index (χ2n) is 6.29. The molecule has 0 aromatic heterocycles. The maximum Gasteiger partial charge on any atom is 0.156 e. The van der Waals surface area contributed by atoms with Crippen molar-refractivity contribution in [3.8, 4) is 0 Å². The molecule has 2 atom stereocenters. The van der Waals surface area contributed by atoms with Crippen LogP contribution in [-0.4, -0.2) is 24.7 Å². The maximum absolute atomic E-state index is 12.4. The van der Waals surface area contributed by atoms with E-state index >= 15 is 0 Å². The molecule has 2 heterocycles. The van der Waals surface area contributed by atoms with Crippen LogP contribution in [0.1, 0.15) is 65.2 Å². The van der Waals surface area contributed by atoms with Crippen molar-refractivity contribution in [2.45, 2.75) is 75.7 Å². The summed E-state index contributed by atoms with van der Waals surface area (Å²) in [6, 6.07) is 0. The standard InChI is InChI=1S/C15H26O3S/c1-3-11(4-2)8-15(16)12-9-13-6-5-7-14(10-12)19(13,17)18/h11-14H,3-10H2,1-2H3. The average Bonchev–Trinajstić information content (AvgIpc) is 2.34. The van der Waals surface area contributed by atoms with E-state index in [1.54, 1.807) is 0 Å².